The average Bonchev–Trinajstić information content (AvgIpc) is 1.95. The maximum absolute atomic E-state index is 2.54. The number of nitrogens with zero attached hydrogens (tertiary/aromatic N) is 5. The van der Waals surface area contributed by atoms with Crippen molar-refractivity contribution >= 4 is 104 Å². The monoisotopic (exact) mass is 1060 g/mol. The standard InChI is InChI=1S/C78H51N5/c1-4-18-54(19-5-1)79-73-44-36-52(50-32-38-57(39-33-50)81-70-29-15-13-27-62(70)68-48-75-67(49-76(68)81)61-26-12-14-28-69(61)80(75)55-20-6-2-7-21-55)46-65(73)66-47-53(37-45-74(66)79)51-34-40-58(41-35-51)83-72-31-17-11-25-60(72)64-43-42-63-59-24-10-16-30-71(59)82(77(63)78(64)83)56-22-8-3-9-23-56/h1-49,66,74H. The van der Waals surface area contributed by atoms with E-state index in [-0.39, 0.29) is 12.0 Å². The first-order chi connectivity index (χ1) is 41.2. The fraction of sp³-hybridized carbons (Fsp3) is 0.0256. The van der Waals surface area contributed by atoms with Crippen LogP contribution in [0.2, 0.25) is 0 Å². The van der Waals surface area contributed by atoms with Gasteiger partial charge in [0.2, 0.25) is 0 Å². The second kappa shape index (κ2) is 17.8. The molecular formula is C78H51N5. The van der Waals surface area contributed by atoms with Gasteiger partial charge in [-0.2, -0.15) is 0 Å². The highest BCUT2D eigenvalue weighted by Crippen LogP contribution is 2.51. The molecule has 5 heteroatoms. The van der Waals surface area contributed by atoms with Crippen molar-refractivity contribution in [1.29, 1.82) is 0 Å². The molecule has 0 spiro atoms. The number of rotatable bonds is 7. The normalized spacial score (nSPS) is 15.0. The quantitative estimate of drug-likeness (QED) is 0.156. The van der Waals surface area contributed by atoms with Crippen LogP contribution in [0.3, 0.4) is 0 Å². The third-order valence-electron chi connectivity index (χ3n) is 18.1. The average molecular weight is 1060 g/mol. The summed E-state index contributed by atoms with van der Waals surface area (Å²) in [6, 6.07) is 103. The Morgan fingerprint density at radius 3 is 1.18 bits per heavy atom. The van der Waals surface area contributed by atoms with E-state index in [0.717, 1.165) is 22.7 Å². The molecule has 1 aliphatic carbocycles. The van der Waals surface area contributed by atoms with Gasteiger partial charge in [0.1, 0.15) is 0 Å². The zero-order valence-electron chi connectivity index (χ0n) is 45.2. The SMILES string of the molecule is C1=CC2C(C=C1c1ccc(-n3c4ccccc4c4ccc5c6ccccc6n(-c6ccccc6)c5c43)cc1)c1cc(-c3ccc(-n4c5ccccc5c5cc6c(cc54)c4ccccc4n6-c4ccccc4)cc3)ccc1N2c1ccccc1. The minimum absolute atomic E-state index is 0.132. The predicted octanol–water partition coefficient (Wildman–Crippen LogP) is 20.0. The minimum Gasteiger partial charge on any atom is -0.333 e. The number of hydrogen-bond donors (Lipinski definition) is 0. The molecule has 1 aliphatic heterocycles. The smallest absolute Gasteiger partial charge is 0.0788 e. The summed E-state index contributed by atoms with van der Waals surface area (Å²) in [4.78, 5) is 2.54. The van der Waals surface area contributed by atoms with Crippen molar-refractivity contribution in [2.45, 2.75) is 12.0 Å². The lowest BCUT2D eigenvalue weighted by Crippen LogP contribution is -2.28. The van der Waals surface area contributed by atoms with Crippen LogP contribution in [0, 0.1) is 0 Å². The van der Waals surface area contributed by atoms with Gasteiger partial charge in [-0.25, -0.2) is 0 Å². The number of para-hydroxylation sites is 7. The Hall–Kier alpha value is -10.9. The molecule has 5 nitrogen and oxygen atoms in total. The van der Waals surface area contributed by atoms with Crippen LogP contribution in [0.1, 0.15) is 17.0 Å². The number of benzene rings is 12. The van der Waals surface area contributed by atoms with E-state index in [9.17, 15) is 0 Å². The molecule has 0 amide bonds. The van der Waals surface area contributed by atoms with E-state index in [2.05, 4.69) is 320 Å². The van der Waals surface area contributed by atoms with Crippen molar-refractivity contribution in [3.63, 3.8) is 0 Å². The van der Waals surface area contributed by atoms with Crippen LogP contribution >= 0.6 is 0 Å². The lowest BCUT2D eigenvalue weighted by Gasteiger charge is -2.29. The minimum atomic E-state index is 0.132. The summed E-state index contributed by atoms with van der Waals surface area (Å²) in [6.07, 6.45) is 7.30. The van der Waals surface area contributed by atoms with Crippen molar-refractivity contribution in [1.82, 2.24) is 18.3 Å². The van der Waals surface area contributed by atoms with Gasteiger partial charge in [0, 0.05) is 83.1 Å². The molecule has 83 heavy (non-hydrogen) atoms. The summed E-state index contributed by atoms with van der Waals surface area (Å²) >= 11 is 0. The van der Waals surface area contributed by atoms with Crippen LogP contribution in [-0.4, -0.2) is 24.3 Å². The van der Waals surface area contributed by atoms with Crippen LogP contribution in [0.5, 0.6) is 0 Å². The molecule has 5 heterocycles. The van der Waals surface area contributed by atoms with Gasteiger partial charge in [-0.1, -0.05) is 188 Å². The maximum Gasteiger partial charge on any atom is 0.0788 e. The van der Waals surface area contributed by atoms with Gasteiger partial charge in [-0.15, -0.1) is 0 Å². The summed E-state index contributed by atoms with van der Waals surface area (Å²) in [5, 5.41) is 9.97. The highest BCUT2D eigenvalue weighted by molar-refractivity contribution is 6.24. The van der Waals surface area contributed by atoms with E-state index in [1.54, 1.807) is 0 Å². The molecule has 2 atom stereocenters. The molecule has 388 valence electrons. The summed E-state index contributed by atoms with van der Waals surface area (Å²) in [6.45, 7) is 0. The first-order valence-electron chi connectivity index (χ1n) is 28.8. The van der Waals surface area contributed by atoms with Crippen LogP contribution < -0.4 is 4.90 Å². The first-order valence-corrected chi connectivity index (χ1v) is 28.8. The van der Waals surface area contributed by atoms with Gasteiger partial charge in [-0.05, 0) is 137 Å². The predicted molar refractivity (Wildman–Crippen MR) is 348 cm³/mol. The maximum atomic E-state index is 2.54. The van der Waals surface area contributed by atoms with E-state index in [1.807, 2.05) is 0 Å². The Morgan fingerprint density at radius 2 is 0.663 bits per heavy atom. The molecule has 4 aromatic heterocycles. The molecule has 12 aromatic carbocycles. The Labute approximate surface area is 479 Å². The van der Waals surface area contributed by atoms with Crippen molar-refractivity contribution in [2.75, 3.05) is 4.90 Å². The van der Waals surface area contributed by atoms with Gasteiger partial charge < -0.3 is 23.2 Å². The Bertz CT molecular complexity index is 5360. The fourth-order valence-corrected chi connectivity index (χ4v) is 14.4. The van der Waals surface area contributed by atoms with Crippen molar-refractivity contribution in [3.8, 4) is 33.9 Å². The summed E-state index contributed by atoms with van der Waals surface area (Å²) < 4.78 is 9.81. The van der Waals surface area contributed by atoms with Crippen molar-refractivity contribution in [3.05, 3.63) is 308 Å². The molecule has 0 fully saturated rings. The Kier molecular flexibility index (Phi) is 9.86. The van der Waals surface area contributed by atoms with Gasteiger partial charge in [0.25, 0.3) is 0 Å². The van der Waals surface area contributed by atoms with E-state index in [1.165, 1.54) is 126 Å². The molecular weight excluding hydrogens is 1010 g/mol. The van der Waals surface area contributed by atoms with Gasteiger partial charge >= 0.3 is 0 Å². The van der Waals surface area contributed by atoms with Gasteiger partial charge in [0.05, 0.1) is 50.2 Å². The summed E-state index contributed by atoms with van der Waals surface area (Å²) in [5.74, 6) is 0.136. The molecule has 0 saturated carbocycles. The number of aromatic nitrogens is 4. The van der Waals surface area contributed by atoms with E-state index < -0.39 is 0 Å². The molecule has 0 bridgehead atoms. The third-order valence-corrected chi connectivity index (χ3v) is 18.1. The number of allylic oxidation sites excluding steroid dienone is 2. The molecule has 0 saturated heterocycles. The van der Waals surface area contributed by atoms with Crippen LogP contribution in [-0.2, 0) is 0 Å². The summed E-state index contributed by atoms with van der Waals surface area (Å²) in [7, 11) is 0. The van der Waals surface area contributed by atoms with Gasteiger partial charge in [-0.3, -0.25) is 0 Å². The molecule has 0 N–H and O–H groups in total. The van der Waals surface area contributed by atoms with Crippen LogP contribution in [0.4, 0.5) is 11.4 Å². The van der Waals surface area contributed by atoms with E-state index in [4.69, 9.17) is 0 Å². The summed E-state index contributed by atoms with van der Waals surface area (Å²) in [5.41, 5.74) is 22.8. The zero-order chi connectivity index (χ0) is 54.3. The first kappa shape index (κ1) is 45.9. The number of fused-ring (bicyclic) bond motifs is 16. The number of anilines is 2. The Balaban J connectivity index is 0.730. The van der Waals surface area contributed by atoms with E-state index in [0.29, 0.717) is 0 Å². The highest BCUT2D eigenvalue weighted by Gasteiger charge is 2.39. The third kappa shape index (κ3) is 6.76. The molecule has 0 radical (unpaired) electrons. The molecule has 16 aromatic rings. The second-order valence-corrected chi connectivity index (χ2v) is 22.4. The van der Waals surface area contributed by atoms with E-state index >= 15 is 0 Å². The molecule has 2 aliphatic rings. The van der Waals surface area contributed by atoms with Crippen molar-refractivity contribution in [2.24, 2.45) is 0 Å². The van der Waals surface area contributed by atoms with Gasteiger partial charge in [0.15, 0.2) is 0 Å². The number of hydrogen-bond acceptors (Lipinski definition) is 1. The van der Waals surface area contributed by atoms with Crippen molar-refractivity contribution < 1.29 is 0 Å². The van der Waals surface area contributed by atoms with Crippen LogP contribution in [0.15, 0.2) is 297 Å². The lowest BCUT2D eigenvalue weighted by atomic mass is 9.85. The largest absolute Gasteiger partial charge is 0.333 e. The second-order valence-electron chi connectivity index (χ2n) is 22.4. The fourth-order valence-electron chi connectivity index (χ4n) is 14.4. The lowest BCUT2D eigenvalue weighted by molar-refractivity contribution is 0.747. The topological polar surface area (TPSA) is 23.0 Å². The highest BCUT2D eigenvalue weighted by atomic mass is 15.2. The van der Waals surface area contributed by atoms with Crippen LogP contribution in [0.25, 0.3) is 127 Å². The zero-order valence-corrected chi connectivity index (χ0v) is 45.2. The molecule has 18 rings (SSSR count). The Morgan fingerprint density at radius 1 is 0.265 bits per heavy atom. The molecule has 2 unspecified atom stereocenters.